The Kier molecular flexibility index (Phi) is 6.93. The van der Waals surface area contributed by atoms with Crippen molar-refractivity contribution in [3.63, 3.8) is 0 Å². The average Bonchev–Trinajstić information content (AvgIpc) is 3.06. The lowest BCUT2D eigenvalue weighted by Gasteiger charge is -2.16. The molecule has 28 heavy (non-hydrogen) atoms. The summed E-state index contributed by atoms with van der Waals surface area (Å²) in [6.45, 7) is 2.78. The van der Waals surface area contributed by atoms with E-state index in [1.54, 1.807) is 23.1 Å². The maximum Gasteiger partial charge on any atom is 0.214 e. The highest BCUT2D eigenvalue weighted by molar-refractivity contribution is 9.10. The Hall–Kier alpha value is -2.10. The fourth-order valence-electron chi connectivity index (χ4n) is 2.48. The second-order valence-electron chi connectivity index (χ2n) is 5.69. The van der Waals surface area contributed by atoms with Crippen molar-refractivity contribution in [3.8, 4) is 11.5 Å². The van der Waals surface area contributed by atoms with Crippen LogP contribution in [0.3, 0.4) is 0 Å². The zero-order chi connectivity index (χ0) is 20.1. The molecule has 2 N–H and O–H groups in total. The zero-order valence-corrected chi connectivity index (χ0v) is 18.0. The van der Waals surface area contributed by atoms with Gasteiger partial charge in [0.1, 0.15) is 18.8 Å². The molecule has 0 saturated heterocycles. The third kappa shape index (κ3) is 4.84. The lowest BCUT2D eigenvalue weighted by Crippen LogP contribution is -2.13. The number of nitrogens with one attached hydrogen (secondary N) is 2. The van der Waals surface area contributed by atoms with E-state index in [1.807, 2.05) is 19.1 Å². The second kappa shape index (κ2) is 9.40. The van der Waals surface area contributed by atoms with Gasteiger partial charge < -0.3 is 14.9 Å². The predicted octanol–water partition coefficient (Wildman–Crippen LogP) is 5.22. The van der Waals surface area contributed by atoms with E-state index < -0.39 is 5.82 Å². The minimum Gasteiger partial charge on any atom is -0.490 e. The van der Waals surface area contributed by atoms with Crippen LogP contribution in [0.15, 0.2) is 41.1 Å². The summed E-state index contributed by atoms with van der Waals surface area (Å²) in [5.41, 5.74) is 4.35. The summed E-state index contributed by atoms with van der Waals surface area (Å²) in [5.74, 6) is 0.598. The minimum atomic E-state index is -0.417. The van der Waals surface area contributed by atoms with Crippen molar-refractivity contribution in [3.05, 3.63) is 67.9 Å². The molecule has 0 aliphatic heterocycles. The number of nitrogens with zero attached hydrogens (tertiary/aromatic N) is 2. The number of hydrogen-bond donors (Lipinski definition) is 2. The summed E-state index contributed by atoms with van der Waals surface area (Å²) in [7, 11) is 0. The minimum absolute atomic E-state index is 0.0219. The number of benzene rings is 2. The highest BCUT2D eigenvalue weighted by atomic mass is 79.9. The first-order valence-electron chi connectivity index (χ1n) is 8.36. The van der Waals surface area contributed by atoms with Gasteiger partial charge in [0, 0.05) is 5.56 Å². The van der Waals surface area contributed by atoms with Crippen LogP contribution in [0.1, 0.15) is 18.1 Å². The van der Waals surface area contributed by atoms with Gasteiger partial charge in [0.25, 0.3) is 0 Å². The first-order chi connectivity index (χ1) is 13.5. The molecule has 6 nitrogen and oxygen atoms in total. The molecular weight excluding hydrogens is 471 g/mol. The smallest absolute Gasteiger partial charge is 0.214 e. The largest absolute Gasteiger partial charge is 0.490 e. The fourth-order valence-corrected chi connectivity index (χ4v) is 3.46. The van der Waals surface area contributed by atoms with Gasteiger partial charge in [-0.25, -0.2) is 9.07 Å². The van der Waals surface area contributed by atoms with Crippen LogP contribution in [-0.4, -0.2) is 21.5 Å². The Balaban J connectivity index is 1.80. The summed E-state index contributed by atoms with van der Waals surface area (Å²) in [6, 6.07) is 8.26. The van der Waals surface area contributed by atoms with Gasteiger partial charge in [-0.05, 0) is 64.9 Å². The van der Waals surface area contributed by atoms with E-state index in [0.717, 1.165) is 5.56 Å². The van der Waals surface area contributed by atoms with Gasteiger partial charge in [-0.3, -0.25) is 5.10 Å². The molecule has 10 heteroatoms. The summed E-state index contributed by atoms with van der Waals surface area (Å²) >= 11 is 14.7. The predicted molar refractivity (Wildman–Crippen MR) is 112 cm³/mol. The number of hydrogen-bond acceptors (Lipinski definition) is 5. The van der Waals surface area contributed by atoms with Gasteiger partial charge >= 0.3 is 0 Å². The molecule has 3 rings (SSSR count). The lowest BCUT2D eigenvalue weighted by atomic mass is 10.2. The van der Waals surface area contributed by atoms with E-state index in [4.69, 9.17) is 33.3 Å². The van der Waals surface area contributed by atoms with Crippen LogP contribution in [0.4, 0.5) is 4.39 Å². The molecule has 0 atom stereocenters. The van der Waals surface area contributed by atoms with Crippen LogP contribution in [-0.2, 0) is 13.2 Å². The van der Waals surface area contributed by atoms with Crippen LogP contribution < -0.4 is 14.9 Å². The summed E-state index contributed by atoms with van der Waals surface area (Å²) in [4.78, 5) is 0. The first-order valence-corrected chi connectivity index (χ1v) is 9.94. The van der Waals surface area contributed by atoms with Gasteiger partial charge in [0.05, 0.1) is 22.6 Å². The first kappa shape index (κ1) is 20.6. The molecule has 0 bridgehead atoms. The maximum absolute atomic E-state index is 14.0. The van der Waals surface area contributed by atoms with Crippen molar-refractivity contribution in [2.45, 2.75) is 20.1 Å². The van der Waals surface area contributed by atoms with E-state index in [1.165, 1.54) is 6.07 Å². The van der Waals surface area contributed by atoms with E-state index in [0.29, 0.717) is 44.5 Å². The van der Waals surface area contributed by atoms with Crippen molar-refractivity contribution < 1.29 is 13.9 Å². The molecule has 0 spiro atoms. The third-order valence-electron chi connectivity index (χ3n) is 3.80. The molecule has 0 saturated carbocycles. The standard InChI is InChI=1S/C18H17BrClFN4O2S/c1-2-26-16-7-11(8-23-25-10-22-24-18(25)28)6-13(19)17(16)27-9-12-14(20)4-3-5-15(12)21/h3-7,10,23H,2,8-9H2,1H3,(H,24,28). The number of aromatic amines is 1. The molecule has 0 radical (unpaired) electrons. The second-order valence-corrected chi connectivity index (χ2v) is 7.34. The van der Waals surface area contributed by atoms with Gasteiger partial charge in [-0.15, -0.1) is 0 Å². The van der Waals surface area contributed by atoms with E-state index in [2.05, 4.69) is 31.6 Å². The van der Waals surface area contributed by atoms with Crippen molar-refractivity contribution in [1.82, 2.24) is 14.9 Å². The Morgan fingerprint density at radius 3 is 2.86 bits per heavy atom. The molecule has 1 aromatic heterocycles. The van der Waals surface area contributed by atoms with Crippen LogP contribution in [0, 0.1) is 10.6 Å². The summed E-state index contributed by atoms with van der Waals surface area (Å²) in [6.07, 6.45) is 1.55. The highest BCUT2D eigenvalue weighted by Crippen LogP contribution is 2.38. The van der Waals surface area contributed by atoms with E-state index >= 15 is 0 Å². The van der Waals surface area contributed by atoms with Crippen molar-refractivity contribution in [1.29, 1.82) is 0 Å². The summed E-state index contributed by atoms with van der Waals surface area (Å²) < 4.78 is 28.3. The maximum atomic E-state index is 14.0. The number of H-pyrrole nitrogens is 1. The van der Waals surface area contributed by atoms with Crippen LogP contribution in [0.2, 0.25) is 5.02 Å². The van der Waals surface area contributed by atoms with E-state index in [-0.39, 0.29) is 6.61 Å². The van der Waals surface area contributed by atoms with E-state index in [9.17, 15) is 4.39 Å². The molecule has 0 amide bonds. The molecule has 2 aromatic carbocycles. The van der Waals surface area contributed by atoms with Crippen LogP contribution >= 0.6 is 39.7 Å². The van der Waals surface area contributed by atoms with Gasteiger partial charge in [-0.1, -0.05) is 17.7 Å². The van der Waals surface area contributed by atoms with Crippen LogP contribution in [0.5, 0.6) is 11.5 Å². The monoisotopic (exact) mass is 486 g/mol. The number of rotatable bonds is 8. The van der Waals surface area contributed by atoms with Gasteiger partial charge in [0.15, 0.2) is 11.5 Å². The Morgan fingerprint density at radius 2 is 2.18 bits per heavy atom. The SMILES string of the molecule is CCOc1cc(CNn2cn[nH]c2=S)cc(Br)c1OCc1c(F)cccc1Cl. The van der Waals surface area contributed by atoms with Crippen LogP contribution in [0.25, 0.3) is 0 Å². The zero-order valence-electron chi connectivity index (χ0n) is 14.8. The van der Waals surface area contributed by atoms with Crippen molar-refractivity contribution in [2.75, 3.05) is 12.0 Å². The summed E-state index contributed by atoms with van der Waals surface area (Å²) in [5, 5.41) is 6.84. The normalized spacial score (nSPS) is 10.7. The third-order valence-corrected chi connectivity index (χ3v) is 5.03. The Bertz CT molecular complexity index is 1010. The number of aromatic nitrogens is 3. The highest BCUT2D eigenvalue weighted by Gasteiger charge is 2.15. The molecule has 0 aliphatic carbocycles. The van der Waals surface area contributed by atoms with Gasteiger partial charge in [0.2, 0.25) is 4.77 Å². The number of ether oxygens (including phenoxy) is 2. The quantitative estimate of drug-likeness (QED) is 0.427. The van der Waals surface area contributed by atoms with Gasteiger partial charge in [-0.2, -0.15) is 5.10 Å². The van der Waals surface area contributed by atoms with Crippen molar-refractivity contribution in [2.24, 2.45) is 0 Å². The molecule has 0 fully saturated rings. The molecule has 1 heterocycles. The number of halogens is 3. The topological polar surface area (TPSA) is 64.1 Å². The molecule has 3 aromatic rings. The Morgan fingerprint density at radius 1 is 1.36 bits per heavy atom. The molecule has 0 aliphatic rings. The molecule has 0 unspecified atom stereocenters. The molecular formula is C18H17BrClFN4O2S. The lowest BCUT2D eigenvalue weighted by molar-refractivity contribution is 0.264. The average molecular weight is 488 g/mol. The Labute approximate surface area is 179 Å². The van der Waals surface area contributed by atoms with Crippen molar-refractivity contribution >= 4 is 39.7 Å². The fraction of sp³-hybridized carbons (Fsp3) is 0.222. The molecule has 148 valence electrons.